The maximum Gasteiger partial charge on any atom is 0.329 e. The number of rotatable bonds is 3. The van der Waals surface area contributed by atoms with Gasteiger partial charge in [0.1, 0.15) is 11.6 Å². The van der Waals surface area contributed by atoms with Gasteiger partial charge < -0.3 is 19.6 Å². The van der Waals surface area contributed by atoms with E-state index in [-0.39, 0.29) is 0 Å². The minimum absolute atomic E-state index is 0.429. The third-order valence-corrected chi connectivity index (χ3v) is 3.87. The van der Waals surface area contributed by atoms with Crippen LogP contribution in [0, 0.1) is 0 Å². The molecule has 1 aliphatic heterocycles. The lowest BCUT2D eigenvalue weighted by atomic mass is 10.0. The molecule has 1 atom stereocenters. The number of carbonyl (C=O) groups excluding carboxylic acids is 2. The van der Waals surface area contributed by atoms with Gasteiger partial charge in [-0.2, -0.15) is 0 Å². The Morgan fingerprint density at radius 2 is 1.90 bits per heavy atom. The first-order valence-electron chi connectivity index (χ1n) is 6.59. The number of likely N-dealkylation sites (tertiary alicyclic amines) is 1. The number of likely N-dealkylation sites (N-methyl/N-ethyl adjacent to an activating group) is 1. The zero-order valence-electron chi connectivity index (χ0n) is 12.4. The van der Waals surface area contributed by atoms with Gasteiger partial charge in [0, 0.05) is 13.6 Å². The lowest BCUT2D eigenvalue weighted by Gasteiger charge is -2.40. The van der Waals surface area contributed by atoms with E-state index in [1.165, 1.54) is 32.9 Å². The molecule has 0 aromatic heterocycles. The fourth-order valence-corrected chi connectivity index (χ4v) is 2.12. The summed E-state index contributed by atoms with van der Waals surface area (Å²) in [5.41, 5.74) is -1.34. The van der Waals surface area contributed by atoms with E-state index in [1.807, 2.05) is 0 Å². The summed E-state index contributed by atoms with van der Waals surface area (Å²) < 4.78 is 4.72. The standard InChI is InChI=1S/C13H22N2O5/c1-13(2,11(17)18)14(3)12(19)15-8-6-5-7-9(15)10(16)20-4/h9H,5-8H2,1-4H3,(H,17,18). The van der Waals surface area contributed by atoms with Gasteiger partial charge in [0.05, 0.1) is 7.11 Å². The van der Waals surface area contributed by atoms with E-state index in [1.54, 1.807) is 0 Å². The molecule has 0 aromatic rings. The molecule has 0 radical (unpaired) electrons. The summed E-state index contributed by atoms with van der Waals surface area (Å²) in [5, 5.41) is 9.18. The average Bonchev–Trinajstić information content (AvgIpc) is 2.44. The summed E-state index contributed by atoms with van der Waals surface area (Å²) >= 11 is 0. The number of amides is 2. The van der Waals surface area contributed by atoms with Crippen LogP contribution >= 0.6 is 0 Å². The van der Waals surface area contributed by atoms with Gasteiger partial charge in [-0.15, -0.1) is 0 Å². The molecule has 1 unspecified atom stereocenters. The molecular weight excluding hydrogens is 264 g/mol. The van der Waals surface area contributed by atoms with E-state index < -0.39 is 29.6 Å². The van der Waals surface area contributed by atoms with Crippen molar-refractivity contribution in [2.45, 2.75) is 44.7 Å². The summed E-state index contributed by atoms with van der Waals surface area (Å²) in [6.07, 6.45) is 2.18. The number of carboxylic acids is 1. The number of piperidine rings is 1. The Morgan fingerprint density at radius 1 is 1.30 bits per heavy atom. The maximum absolute atomic E-state index is 12.5. The molecule has 0 bridgehead atoms. The molecule has 0 aromatic carbocycles. The van der Waals surface area contributed by atoms with Crippen LogP contribution in [0.25, 0.3) is 0 Å². The van der Waals surface area contributed by atoms with Crippen molar-refractivity contribution in [3.63, 3.8) is 0 Å². The predicted molar refractivity (Wildman–Crippen MR) is 71.2 cm³/mol. The van der Waals surface area contributed by atoms with Crippen LogP contribution in [0.15, 0.2) is 0 Å². The SMILES string of the molecule is COC(=O)C1CCCCN1C(=O)N(C)C(C)(C)C(=O)O. The van der Waals surface area contributed by atoms with Crippen LogP contribution in [0.3, 0.4) is 0 Å². The second-order valence-electron chi connectivity index (χ2n) is 5.43. The molecule has 114 valence electrons. The smallest absolute Gasteiger partial charge is 0.329 e. The Labute approximate surface area is 118 Å². The molecule has 7 heteroatoms. The van der Waals surface area contributed by atoms with E-state index in [4.69, 9.17) is 4.74 Å². The Morgan fingerprint density at radius 3 is 2.40 bits per heavy atom. The van der Waals surface area contributed by atoms with Crippen LogP contribution in [0.4, 0.5) is 4.79 Å². The normalized spacial score (nSPS) is 19.4. The van der Waals surface area contributed by atoms with Crippen LogP contribution < -0.4 is 0 Å². The van der Waals surface area contributed by atoms with Crippen LogP contribution in [-0.2, 0) is 14.3 Å². The van der Waals surface area contributed by atoms with Crippen molar-refractivity contribution in [1.29, 1.82) is 0 Å². The number of nitrogens with zero attached hydrogens (tertiary/aromatic N) is 2. The van der Waals surface area contributed by atoms with E-state index in [0.717, 1.165) is 17.7 Å². The van der Waals surface area contributed by atoms with Crippen molar-refractivity contribution in [3.05, 3.63) is 0 Å². The van der Waals surface area contributed by atoms with Crippen molar-refractivity contribution in [3.8, 4) is 0 Å². The predicted octanol–water partition coefficient (Wildman–Crippen LogP) is 0.929. The molecular formula is C13H22N2O5. The van der Waals surface area contributed by atoms with Crippen LogP contribution in [0.1, 0.15) is 33.1 Å². The number of urea groups is 1. The fraction of sp³-hybridized carbons (Fsp3) is 0.769. The number of aliphatic carboxylic acids is 1. The highest BCUT2D eigenvalue weighted by molar-refractivity contribution is 5.88. The minimum atomic E-state index is -1.34. The first-order chi connectivity index (χ1) is 9.23. The monoisotopic (exact) mass is 286 g/mol. The number of carbonyl (C=O) groups is 3. The summed E-state index contributed by atoms with van der Waals surface area (Å²) in [5.74, 6) is -1.56. The molecule has 1 fully saturated rings. The van der Waals surface area contributed by atoms with Gasteiger partial charge in [-0.25, -0.2) is 14.4 Å². The van der Waals surface area contributed by atoms with E-state index in [9.17, 15) is 19.5 Å². The minimum Gasteiger partial charge on any atom is -0.480 e. The number of ether oxygens (including phenoxy) is 1. The second-order valence-corrected chi connectivity index (χ2v) is 5.43. The molecule has 1 rings (SSSR count). The Hall–Kier alpha value is -1.79. The number of hydrogen-bond donors (Lipinski definition) is 1. The molecule has 0 spiro atoms. The zero-order chi connectivity index (χ0) is 15.5. The summed E-state index contributed by atoms with van der Waals surface area (Å²) in [6, 6.07) is -1.10. The molecule has 1 saturated heterocycles. The molecule has 1 N–H and O–H groups in total. The van der Waals surface area contributed by atoms with Gasteiger partial charge in [0.25, 0.3) is 0 Å². The number of methoxy groups -OCH3 is 1. The number of hydrogen-bond acceptors (Lipinski definition) is 4. The van der Waals surface area contributed by atoms with E-state index in [0.29, 0.717) is 13.0 Å². The van der Waals surface area contributed by atoms with Gasteiger partial charge in [-0.05, 0) is 33.1 Å². The van der Waals surface area contributed by atoms with Gasteiger partial charge in [-0.3, -0.25) is 0 Å². The number of esters is 1. The third-order valence-electron chi connectivity index (χ3n) is 3.87. The molecule has 2 amide bonds. The van der Waals surface area contributed by atoms with Gasteiger partial charge in [0.15, 0.2) is 0 Å². The van der Waals surface area contributed by atoms with Crippen molar-refractivity contribution in [2.75, 3.05) is 20.7 Å². The Kier molecular flexibility index (Phi) is 4.97. The first kappa shape index (κ1) is 16.3. The van der Waals surface area contributed by atoms with Crippen LogP contribution in [-0.4, -0.2) is 65.2 Å². The molecule has 20 heavy (non-hydrogen) atoms. The molecule has 1 heterocycles. The summed E-state index contributed by atoms with van der Waals surface area (Å²) in [4.78, 5) is 38.0. The van der Waals surface area contributed by atoms with Gasteiger partial charge >= 0.3 is 18.0 Å². The molecule has 0 aliphatic carbocycles. The lowest BCUT2D eigenvalue weighted by molar-refractivity contribution is -0.148. The van der Waals surface area contributed by atoms with Crippen molar-refractivity contribution in [2.24, 2.45) is 0 Å². The topological polar surface area (TPSA) is 87.2 Å². The molecule has 0 saturated carbocycles. The fourth-order valence-electron chi connectivity index (χ4n) is 2.12. The van der Waals surface area contributed by atoms with Crippen molar-refractivity contribution >= 4 is 18.0 Å². The van der Waals surface area contributed by atoms with E-state index in [2.05, 4.69) is 0 Å². The number of carboxylic acid groups (broad SMARTS) is 1. The maximum atomic E-state index is 12.5. The second kappa shape index (κ2) is 6.11. The van der Waals surface area contributed by atoms with Crippen molar-refractivity contribution < 1.29 is 24.2 Å². The first-order valence-corrected chi connectivity index (χ1v) is 6.59. The van der Waals surface area contributed by atoms with Gasteiger partial charge in [0.2, 0.25) is 0 Å². The largest absolute Gasteiger partial charge is 0.480 e. The molecule has 7 nitrogen and oxygen atoms in total. The van der Waals surface area contributed by atoms with Crippen molar-refractivity contribution in [1.82, 2.24) is 9.80 Å². The molecule has 1 aliphatic rings. The zero-order valence-corrected chi connectivity index (χ0v) is 12.4. The summed E-state index contributed by atoms with van der Waals surface area (Å²) in [7, 11) is 2.71. The third kappa shape index (κ3) is 3.02. The average molecular weight is 286 g/mol. The Bertz CT molecular complexity index is 408. The highest BCUT2D eigenvalue weighted by Gasteiger charge is 2.41. The van der Waals surface area contributed by atoms with E-state index >= 15 is 0 Å². The Balaban J connectivity index is 2.93. The van der Waals surface area contributed by atoms with Crippen LogP contribution in [0.2, 0.25) is 0 Å². The highest BCUT2D eigenvalue weighted by atomic mass is 16.5. The quantitative estimate of drug-likeness (QED) is 0.780. The summed E-state index contributed by atoms with van der Waals surface area (Å²) in [6.45, 7) is 3.33. The van der Waals surface area contributed by atoms with Crippen LogP contribution in [0.5, 0.6) is 0 Å². The highest BCUT2D eigenvalue weighted by Crippen LogP contribution is 2.22. The van der Waals surface area contributed by atoms with Gasteiger partial charge in [-0.1, -0.05) is 0 Å². The lowest BCUT2D eigenvalue weighted by Crippen LogP contribution is -2.59.